The van der Waals surface area contributed by atoms with Crippen molar-refractivity contribution in [2.45, 2.75) is 116 Å². The maximum Gasteiger partial charge on any atom is 0.414 e. The van der Waals surface area contributed by atoms with Crippen LogP contribution in [0.5, 0.6) is 0 Å². The normalized spacial score (nSPS) is 46.0. The van der Waals surface area contributed by atoms with Crippen LogP contribution < -0.4 is 0 Å². The highest BCUT2D eigenvalue weighted by Crippen LogP contribution is 2.67. The van der Waals surface area contributed by atoms with E-state index in [1.165, 1.54) is 18.4 Å². The van der Waals surface area contributed by atoms with Gasteiger partial charge in [-0.25, -0.2) is 0 Å². The standard InChI is InChI=1S/C27H43F3O2/c1-5-26(32)15-14-24(3)18(16-26)7-8-19-21-10-9-20(25(21,4)13-12-22(19)24)17(2)6-11-23(31)27(28,29)30/h7,17,19-23,31-32H,5-6,8-16H2,1-4H3/t17-,19+,20-,21+,22+,23-,24?,25-,26+/m1/s1. The third-order valence-corrected chi connectivity index (χ3v) is 10.9. The number of halogens is 3. The summed E-state index contributed by atoms with van der Waals surface area (Å²) in [6.07, 6.45) is 5.39. The van der Waals surface area contributed by atoms with Gasteiger partial charge in [0, 0.05) is 0 Å². The van der Waals surface area contributed by atoms with Crippen LogP contribution in [0.4, 0.5) is 13.2 Å². The summed E-state index contributed by atoms with van der Waals surface area (Å²) < 4.78 is 38.3. The fraction of sp³-hybridized carbons (Fsp3) is 0.926. The van der Waals surface area contributed by atoms with Crippen LogP contribution in [0.1, 0.15) is 98.3 Å². The van der Waals surface area contributed by atoms with Gasteiger partial charge in [0.15, 0.2) is 0 Å². The highest BCUT2D eigenvalue weighted by atomic mass is 19.4. The van der Waals surface area contributed by atoms with Gasteiger partial charge in [-0.05, 0) is 111 Å². The van der Waals surface area contributed by atoms with Gasteiger partial charge >= 0.3 is 6.18 Å². The van der Waals surface area contributed by atoms with Crippen molar-refractivity contribution in [1.82, 2.24) is 0 Å². The smallest absolute Gasteiger partial charge is 0.390 e. The van der Waals surface area contributed by atoms with Crippen molar-refractivity contribution in [2.75, 3.05) is 0 Å². The van der Waals surface area contributed by atoms with Crippen molar-refractivity contribution >= 4 is 0 Å². The molecule has 5 heteroatoms. The molecule has 32 heavy (non-hydrogen) atoms. The van der Waals surface area contributed by atoms with Crippen LogP contribution in [-0.2, 0) is 0 Å². The molecule has 0 spiro atoms. The Morgan fingerprint density at radius 3 is 2.44 bits per heavy atom. The van der Waals surface area contributed by atoms with Crippen LogP contribution in [0.3, 0.4) is 0 Å². The average molecular weight is 457 g/mol. The summed E-state index contributed by atoms with van der Waals surface area (Å²) in [5, 5.41) is 20.4. The van der Waals surface area contributed by atoms with Gasteiger partial charge in [0.2, 0.25) is 0 Å². The van der Waals surface area contributed by atoms with E-state index in [1.54, 1.807) is 0 Å². The monoisotopic (exact) mass is 456 g/mol. The first kappa shape index (κ1) is 24.6. The number of hydrogen-bond acceptors (Lipinski definition) is 2. The molecule has 0 aromatic carbocycles. The Morgan fingerprint density at radius 2 is 1.78 bits per heavy atom. The molecule has 2 N–H and O–H groups in total. The lowest BCUT2D eigenvalue weighted by atomic mass is 9.46. The summed E-state index contributed by atoms with van der Waals surface area (Å²) in [6.45, 7) is 9.07. The third-order valence-electron chi connectivity index (χ3n) is 10.9. The molecule has 4 aliphatic carbocycles. The zero-order valence-corrected chi connectivity index (χ0v) is 20.3. The van der Waals surface area contributed by atoms with E-state index in [0.29, 0.717) is 30.1 Å². The molecule has 184 valence electrons. The van der Waals surface area contributed by atoms with E-state index in [1.807, 2.05) is 0 Å². The van der Waals surface area contributed by atoms with Gasteiger partial charge in [-0.1, -0.05) is 39.3 Å². The van der Waals surface area contributed by atoms with E-state index >= 15 is 0 Å². The Kier molecular flexibility index (Phi) is 6.36. The second-order valence-electron chi connectivity index (χ2n) is 12.4. The van der Waals surface area contributed by atoms with Crippen molar-refractivity contribution in [1.29, 1.82) is 0 Å². The molecule has 0 heterocycles. The minimum atomic E-state index is -4.51. The Labute approximate surface area is 192 Å². The second-order valence-corrected chi connectivity index (χ2v) is 12.4. The molecule has 0 radical (unpaired) electrons. The molecule has 0 aliphatic heterocycles. The maximum absolute atomic E-state index is 12.8. The van der Waals surface area contributed by atoms with Gasteiger partial charge in [-0.3, -0.25) is 0 Å². The highest BCUT2D eigenvalue weighted by Gasteiger charge is 2.59. The molecule has 4 rings (SSSR count). The average Bonchev–Trinajstić information content (AvgIpc) is 3.09. The minimum absolute atomic E-state index is 0.182. The zero-order valence-electron chi connectivity index (χ0n) is 20.3. The number of aliphatic hydroxyl groups excluding tert-OH is 1. The van der Waals surface area contributed by atoms with Crippen LogP contribution in [0, 0.1) is 40.4 Å². The van der Waals surface area contributed by atoms with Crippen molar-refractivity contribution in [3.63, 3.8) is 0 Å². The van der Waals surface area contributed by atoms with Crippen LogP contribution in [-0.4, -0.2) is 28.1 Å². The Hall–Kier alpha value is -0.550. The highest BCUT2D eigenvalue weighted by molar-refractivity contribution is 5.27. The number of allylic oxidation sites excluding steroid dienone is 1. The predicted octanol–water partition coefficient (Wildman–Crippen LogP) is 7.05. The molecule has 0 aromatic rings. The van der Waals surface area contributed by atoms with Crippen molar-refractivity contribution < 1.29 is 23.4 Å². The lowest BCUT2D eigenvalue weighted by Crippen LogP contribution is -2.52. The van der Waals surface area contributed by atoms with Gasteiger partial charge in [-0.15, -0.1) is 0 Å². The predicted molar refractivity (Wildman–Crippen MR) is 121 cm³/mol. The van der Waals surface area contributed by atoms with Crippen LogP contribution in [0.2, 0.25) is 0 Å². The lowest BCUT2D eigenvalue weighted by molar-refractivity contribution is -0.206. The molecular weight excluding hydrogens is 413 g/mol. The molecule has 1 unspecified atom stereocenters. The third kappa shape index (κ3) is 3.97. The summed E-state index contributed by atoms with van der Waals surface area (Å²) in [4.78, 5) is 0. The fourth-order valence-electron chi connectivity index (χ4n) is 8.77. The molecule has 0 amide bonds. The first-order valence-corrected chi connectivity index (χ1v) is 13.0. The van der Waals surface area contributed by atoms with Gasteiger partial charge in [0.05, 0.1) is 5.60 Å². The first-order valence-electron chi connectivity index (χ1n) is 13.0. The number of aliphatic hydroxyl groups is 2. The summed E-state index contributed by atoms with van der Waals surface area (Å²) in [6, 6.07) is 0. The zero-order chi connectivity index (χ0) is 23.5. The summed E-state index contributed by atoms with van der Waals surface area (Å²) in [7, 11) is 0. The SMILES string of the molecule is CC[C@]1(O)CCC2(C)C(=CC[C@@H]3[C@@H]2CC[C@]2(C)[C@@H]([C@H](C)CC[C@@H](O)C(F)(F)F)CC[C@@H]32)C1. The molecule has 4 aliphatic rings. The fourth-order valence-corrected chi connectivity index (χ4v) is 8.77. The lowest BCUT2D eigenvalue weighted by Gasteiger charge is -2.59. The van der Waals surface area contributed by atoms with E-state index < -0.39 is 17.9 Å². The molecule has 9 atom stereocenters. The number of alkyl halides is 3. The number of rotatable bonds is 5. The van der Waals surface area contributed by atoms with Crippen LogP contribution in [0.25, 0.3) is 0 Å². The van der Waals surface area contributed by atoms with Crippen molar-refractivity contribution in [2.24, 2.45) is 40.4 Å². The summed E-state index contributed by atoms with van der Waals surface area (Å²) >= 11 is 0. The van der Waals surface area contributed by atoms with Crippen molar-refractivity contribution in [3.8, 4) is 0 Å². The maximum atomic E-state index is 12.8. The van der Waals surface area contributed by atoms with Crippen molar-refractivity contribution in [3.05, 3.63) is 11.6 Å². The van der Waals surface area contributed by atoms with Gasteiger partial charge in [0.25, 0.3) is 0 Å². The van der Waals surface area contributed by atoms with E-state index in [0.717, 1.165) is 44.9 Å². The van der Waals surface area contributed by atoms with Gasteiger partial charge < -0.3 is 10.2 Å². The first-order chi connectivity index (χ1) is 14.8. The molecular formula is C27H43F3O2. The molecule has 2 nitrogen and oxygen atoms in total. The summed E-state index contributed by atoms with van der Waals surface area (Å²) in [5.41, 5.74) is 1.36. The molecule has 0 bridgehead atoms. The molecule has 3 fully saturated rings. The molecule has 3 saturated carbocycles. The number of hydrogen-bond donors (Lipinski definition) is 2. The van der Waals surface area contributed by atoms with E-state index in [-0.39, 0.29) is 23.2 Å². The van der Waals surface area contributed by atoms with Crippen LogP contribution in [0.15, 0.2) is 11.6 Å². The molecule has 0 aromatic heterocycles. The largest absolute Gasteiger partial charge is 0.414 e. The van der Waals surface area contributed by atoms with E-state index in [2.05, 4.69) is 33.8 Å². The minimum Gasteiger partial charge on any atom is -0.390 e. The quantitative estimate of drug-likeness (QED) is 0.435. The van der Waals surface area contributed by atoms with Gasteiger partial charge in [0.1, 0.15) is 6.10 Å². The summed E-state index contributed by atoms with van der Waals surface area (Å²) in [5.74, 6) is 2.63. The van der Waals surface area contributed by atoms with E-state index in [4.69, 9.17) is 0 Å². The Morgan fingerprint density at radius 1 is 1.06 bits per heavy atom. The Bertz CT molecular complexity index is 733. The second kappa shape index (κ2) is 8.29. The topological polar surface area (TPSA) is 40.5 Å². The number of fused-ring (bicyclic) bond motifs is 5. The van der Waals surface area contributed by atoms with Crippen LogP contribution >= 0.6 is 0 Å². The van der Waals surface area contributed by atoms with E-state index in [9.17, 15) is 23.4 Å². The Balaban J connectivity index is 1.48. The van der Waals surface area contributed by atoms with Gasteiger partial charge in [-0.2, -0.15) is 13.2 Å². The molecule has 0 saturated heterocycles.